The quantitative estimate of drug-likeness (QED) is 0.428. The molecule has 0 aromatic heterocycles. The fourth-order valence-electron chi connectivity index (χ4n) is 3.55. The number of allylic oxidation sites excluding steroid dienone is 6. The van der Waals surface area contributed by atoms with Gasteiger partial charge in [0.2, 0.25) is 0 Å². The summed E-state index contributed by atoms with van der Waals surface area (Å²) in [4.78, 5) is 0. The van der Waals surface area contributed by atoms with Crippen molar-refractivity contribution >= 4 is 8.07 Å². The first-order valence-corrected chi connectivity index (χ1v) is 11.8. The highest BCUT2D eigenvalue weighted by Gasteiger charge is 2.30. The largest absolute Gasteiger partial charge is 0.0811 e. The van der Waals surface area contributed by atoms with Crippen molar-refractivity contribution in [1.82, 2.24) is 0 Å². The summed E-state index contributed by atoms with van der Waals surface area (Å²) in [5.74, 6) is 1.57. The van der Waals surface area contributed by atoms with Crippen LogP contribution in [0.25, 0.3) is 0 Å². The van der Waals surface area contributed by atoms with Crippen LogP contribution in [0.2, 0.25) is 25.7 Å². The van der Waals surface area contributed by atoms with Crippen LogP contribution in [0.5, 0.6) is 0 Å². The molecule has 2 rings (SSSR count). The normalized spacial score (nSPS) is 28.6. The SMILES string of the molecule is CCCC/C(C[Si](C)(C)C)=C1/CC2C=CC=CC1C2. The van der Waals surface area contributed by atoms with Gasteiger partial charge in [-0.05, 0) is 43.6 Å². The predicted molar refractivity (Wildman–Crippen MR) is 89.2 cm³/mol. The van der Waals surface area contributed by atoms with Gasteiger partial charge >= 0.3 is 0 Å². The van der Waals surface area contributed by atoms with Crippen molar-refractivity contribution in [2.45, 2.75) is 64.7 Å². The summed E-state index contributed by atoms with van der Waals surface area (Å²) >= 11 is 0. The Morgan fingerprint density at radius 1 is 1.21 bits per heavy atom. The van der Waals surface area contributed by atoms with Gasteiger partial charge in [-0.15, -0.1) is 0 Å². The van der Waals surface area contributed by atoms with Crippen LogP contribution in [-0.4, -0.2) is 8.07 Å². The molecule has 2 atom stereocenters. The van der Waals surface area contributed by atoms with Crippen molar-refractivity contribution in [3.05, 3.63) is 35.5 Å². The average molecular weight is 275 g/mol. The molecule has 2 bridgehead atoms. The minimum atomic E-state index is -0.994. The fraction of sp³-hybridized carbons (Fsp3) is 0.667. The molecule has 1 saturated carbocycles. The van der Waals surface area contributed by atoms with Gasteiger partial charge in [-0.1, -0.05) is 68.4 Å². The molecule has 2 aliphatic rings. The number of hydrogen-bond acceptors (Lipinski definition) is 0. The van der Waals surface area contributed by atoms with Crippen molar-refractivity contribution in [2.24, 2.45) is 11.8 Å². The van der Waals surface area contributed by atoms with E-state index < -0.39 is 8.07 Å². The molecule has 0 amide bonds. The molecular formula is C18H30Si. The number of unbranched alkanes of at least 4 members (excludes halogenated alkanes) is 1. The highest BCUT2D eigenvalue weighted by atomic mass is 28.3. The Labute approximate surface area is 120 Å². The van der Waals surface area contributed by atoms with Crippen LogP contribution in [0.3, 0.4) is 0 Å². The standard InChI is InChI=1S/C18H30Si/c1-5-6-10-17(14-19(2,3)4)18-13-15-9-7-8-11-16(18)12-15/h7-9,11,15-16H,5-6,10,12-14H2,1-4H3/b18-17+. The van der Waals surface area contributed by atoms with Crippen molar-refractivity contribution in [1.29, 1.82) is 0 Å². The van der Waals surface area contributed by atoms with Crippen molar-refractivity contribution < 1.29 is 0 Å². The summed E-state index contributed by atoms with van der Waals surface area (Å²) in [6.45, 7) is 9.87. The van der Waals surface area contributed by atoms with E-state index in [4.69, 9.17) is 0 Å². The number of fused-ring (bicyclic) bond motifs is 2. The van der Waals surface area contributed by atoms with E-state index in [9.17, 15) is 0 Å². The second-order valence-electron chi connectivity index (χ2n) is 7.55. The van der Waals surface area contributed by atoms with Gasteiger partial charge < -0.3 is 0 Å². The van der Waals surface area contributed by atoms with Crippen LogP contribution >= 0.6 is 0 Å². The third kappa shape index (κ3) is 4.20. The van der Waals surface area contributed by atoms with Gasteiger partial charge in [0.05, 0.1) is 0 Å². The number of rotatable bonds is 5. The Hall–Kier alpha value is -0.563. The maximum atomic E-state index is 2.52. The van der Waals surface area contributed by atoms with E-state index >= 15 is 0 Å². The number of hydrogen-bond donors (Lipinski definition) is 0. The lowest BCUT2D eigenvalue weighted by Gasteiger charge is -2.23. The molecule has 19 heavy (non-hydrogen) atoms. The molecule has 106 valence electrons. The van der Waals surface area contributed by atoms with Crippen LogP contribution in [0.4, 0.5) is 0 Å². The van der Waals surface area contributed by atoms with Gasteiger partial charge in [0.1, 0.15) is 0 Å². The van der Waals surface area contributed by atoms with Crippen LogP contribution in [0.1, 0.15) is 39.0 Å². The summed E-state index contributed by atoms with van der Waals surface area (Å²) in [6.07, 6.45) is 16.2. The Morgan fingerprint density at radius 2 is 1.95 bits per heavy atom. The summed E-state index contributed by atoms with van der Waals surface area (Å²) in [6, 6.07) is 1.42. The van der Waals surface area contributed by atoms with Gasteiger partial charge in [0.25, 0.3) is 0 Å². The third-order valence-electron chi connectivity index (χ3n) is 4.35. The maximum absolute atomic E-state index is 2.52. The summed E-state index contributed by atoms with van der Waals surface area (Å²) < 4.78 is 0. The third-order valence-corrected chi connectivity index (χ3v) is 5.84. The predicted octanol–water partition coefficient (Wildman–Crippen LogP) is 5.96. The summed E-state index contributed by atoms with van der Waals surface area (Å²) in [5, 5.41) is 0. The van der Waals surface area contributed by atoms with Gasteiger partial charge in [-0.3, -0.25) is 0 Å². The zero-order valence-corrected chi connectivity index (χ0v) is 14.2. The highest BCUT2D eigenvalue weighted by molar-refractivity contribution is 6.76. The van der Waals surface area contributed by atoms with E-state index in [0.29, 0.717) is 0 Å². The first kappa shape index (κ1) is 14.8. The minimum absolute atomic E-state index is 0.753. The van der Waals surface area contributed by atoms with Gasteiger partial charge in [-0.2, -0.15) is 0 Å². The molecule has 0 spiro atoms. The van der Waals surface area contributed by atoms with Crippen molar-refractivity contribution in [2.75, 3.05) is 0 Å². The van der Waals surface area contributed by atoms with Crippen LogP contribution in [0, 0.1) is 11.8 Å². The van der Waals surface area contributed by atoms with Gasteiger partial charge in [0.15, 0.2) is 0 Å². The monoisotopic (exact) mass is 274 g/mol. The van der Waals surface area contributed by atoms with E-state index in [1.54, 1.807) is 0 Å². The topological polar surface area (TPSA) is 0 Å². The summed E-state index contributed by atoms with van der Waals surface area (Å²) in [7, 11) is -0.994. The van der Waals surface area contributed by atoms with E-state index in [-0.39, 0.29) is 0 Å². The molecule has 0 aromatic carbocycles. The zero-order valence-electron chi connectivity index (χ0n) is 13.2. The van der Waals surface area contributed by atoms with Crippen LogP contribution < -0.4 is 0 Å². The molecule has 0 aliphatic heterocycles. The lowest BCUT2D eigenvalue weighted by atomic mass is 9.94. The van der Waals surface area contributed by atoms with E-state index in [2.05, 4.69) is 50.9 Å². The zero-order chi connectivity index (χ0) is 13.9. The Bertz CT molecular complexity index is 392. The maximum Gasteiger partial charge on any atom is 0.0483 e. The Morgan fingerprint density at radius 3 is 2.63 bits per heavy atom. The Kier molecular flexibility index (Phi) is 4.89. The molecular weight excluding hydrogens is 244 g/mol. The molecule has 0 aromatic rings. The molecule has 0 saturated heterocycles. The van der Waals surface area contributed by atoms with Gasteiger partial charge in [0, 0.05) is 8.07 Å². The smallest absolute Gasteiger partial charge is 0.0483 e. The molecule has 1 heteroatoms. The second-order valence-corrected chi connectivity index (χ2v) is 13.0. The molecule has 0 radical (unpaired) electrons. The molecule has 0 N–H and O–H groups in total. The fourth-order valence-corrected chi connectivity index (χ4v) is 5.23. The minimum Gasteiger partial charge on any atom is -0.0811 e. The van der Waals surface area contributed by atoms with Crippen LogP contribution in [-0.2, 0) is 0 Å². The first-order valence-electron chi connectivity index (χ1n) is 8.05. The molecule has 2 aliphatic carbocycles. The van der Waals surface area contributed by atoms with Crippen molar-refractivity contribution in [3.63, 3.8) is 0 Å². The van der Waals surface area contributed by atoms with E-state index in [1.807, 2.05) is 11.1 Å². The van der Waals surface area contributed by atoms with E-state index in [1.165, 1.54) is 38.1 Å². The molecule has 0 heterocycles. The lowest BCUT2D eigenvalue weighted by molar-refractivity contribution is 0.650. The van der Waals surface area contributed by atoms with Crippen molar-refractivity contribution in [3.8, 4) is 0 Å². The first-order chi connectivity index (χ1) is 8.99. The molecule has 0 nitrogen and oxygen atoms in total. The average Bonchev–Trinajstić information content (AvgIpc) is 2.54. The second kappa shape index (κ2) is 6.26. The van der Waals surface area contributed by atoms with Crippen LogP contribution in [0.15, 0.2) is 35.5 Å². The summed E-state index contributed by atoms with van der Waals surface area (Å²) in [5.41, 5.74) is 3.66. The lowest BCUT2D eigenvalue weighted by Crippen LogP contribution is -2.21. The molecule has 1 fully saturated rings. The Balaban J connectivity index is 2.22. The van der Waals surface area contributed by atoms with Gasteiger partial charge in [-0.25, -0.2) is 0 Å². The highest BCUT2D eigenvalue weighted by Crippen LogP contribution is 2.43. The molecule has 2 unspecified atom stereocenters. The van der Waals surface area contributed by atoms with E-state index in [0.717, 1.165) is 11.8 Å².